The third-order valence-corrected chi connectivity index (χ3v) is 4.00. The van der Waals surface area contributed by atoms with Crippen molar-refractivity contribution in [2.24, 2.45) is 0 Å². The number of hydrogen-bond donors (Lipinski definition) is 1. The fourth-order valence-electron chi connectivity index (χ4n) is 2.88. The molecule has 17 heavy (non-hydrogen) atoms. The normalized spacial score (nSPS) is 23.9. The minimum absolute atomic E-state index is 0.620. The van der Waals surface area contributed by atoms with Crippen LogP contribution in [0.1, 0.15) is 37.0 Å². The topological polar surface area (TPSA) is 25.2 Å². The van der Waals surface area contributed by atoms with E-state index in [0.29, 0.717) is 12.0 Å². The highest BCUT2D eigenvalue weighted by molar-refractivity contribution is 5.82. The van der Waals surface area contributed by atoms with E-state index in [1.807, 2.05) is 13.1 Å². The molecule has 0 bridgehead atoms. The minimum atomic E-state index is 0.620. The summed E-state index contributed by atoms with van der Waals surface area (Å²) in [6.45, 7) is 2.22. The number of rotatable bonds is 3. The summed E-state index contributed by atoms with van der Waals surface area (Å²) in [5.41, 5.74) is 2.47. The molecule has 1 aliphatic rings. The van der Waals surface area contributed by atoms with Crippen LogP contribution in [0.5, 0.6) is 0 Å². The average molecular weight is 229 g/mol. The van der Waals surface area contributed by atoms with Gasteiger partial charge in [0.05, 0.1) is 0 Å². The van der Waals surface area contributed by atoms with Crippen molar-refractivity contribution in [3.8, 4) is 0 Å². The SMILES string of the molecule is CCc1c(C2CC(NC)C2)oc2ccccc12. The predicted molar refractivity (Wildman–Crippen MR) is 70.4 cm³/mol. The van der Waals surface area contributed by atoms with E-state index in [1.165, 1.54) is 29.6 Å². The molecular formula is C15H19NO. The van der Waals surface area contributed by atoms with Gasteiger partial charge in [0, 0.05) is 22.9 Å². The molecule has 0 spiro atoms. The number of nitrogens with one attached hydrogen (secondary N) is 1. The predicted octanol–water partition coefficient (Wildman–Crippen LogP) is 3.46. The zero-order valence-corrected chi connectivity index (χ0v) is 10.5. The van der Waals surface area contributed by atoms with Gasteiger partial charge in [-0.05, 0) is 32.4 Å². The lowest BCUT2D eigenvalue weighted by molar-refractivity contribution is 0.273. The lowest BCUT2D eigenvalue weighted by Crippen LogP contribution is -2.37. The summed E-state index contributed by atoms with van der Waals surface area (Å²) in [6.07, 6.45) is 3.49. The minimum Gasteiger partial charge on any atom is -0.460 e. The summed E-state index contributed by atoms with van der Waals surface area (Å²) < 4.78 is 6.06. The van der Waals surface area contributed by atoms with Crippen molar-refractivity contribution in [2.45, 2.75) is 38.1 Å². The number of para-hydroxylation sites is 1. The van der Waals surface area contributed by atoms with E-state index in [-0.39, 0.29) is 0 Å². The summed E-state index contributed by atoms with van der Waals surface area (Å²) >= 11 is 0. The summed E-state index contributed by atoms with van der Waals surface area (Å²) in [5, 5.41) is 4.63. The van der Waals surface area contributed by atoms with Crippen molar-refractivity contribution in [3.63, 3.8) is 0 Å². The van der Waals surface area contributed by atoms with Crippen molar-refractivity contribution in [3.05, 3.63) is 35.6 Å². The largest absolute Gasteiger partial charge is 0.460 e. The Morgan fingerprint density at radius 1 is 1.29 bits per heavy atom. The van der Waals surface area contributed by atoms with Gasteiger partial charge in [0.15, 0.2) is 0 Å². The summed E-state index contributed by atoms with van der Waals surface area (Å²) in [6, 6.07) is 9.07. The van der Waals surface area contributed by atoms with Crippen molar-refractivity contribution >= 4 is 11.0 Å². The Balaban J connectivity index is 1.99. The van der Waals surface area contributed by atoms with Crippen LogP contribution in [0.15, 0.2) is 28.7 Å². The van der Waals surface area contributed by atoms with E-state index >= 15 is 0 Å². The van der Waals surface area contributed by atoms with Crippen LogP contribution in [0.3, 0.4) is 0 Å². The highest BCUT2D eigenvalue weighted by Crippen LogP contribution is 2.41. The van der Waals surface area contributed by atoms with E-state index in [9.17, 15) is 0 Å². The van der Waals surface area contributed by atoms with Gasteiger partial charge in [-0.25, -0.2) is 0 Å². The molecular weight excluding hydrogens is 210 g/mol. The molecule has 3 rings (SSSR count). The molecule has 0 atom stereocenters. The van der Waals surface area contributed by atoms with Crippen LogP contribution >= 0.6 is 0 Å². The van der Waals surface area contributed by atoms with Crippen LogP contribution in [0, 0.1) is 0 Å². The monoisotopic (exact) mass is 229 g/mol. The molecule has 1 aromatic heterocycles. The summed E-state index contributed by atoms with van der Waals surface area (Å²) in [5.74, 6) is 1.86. The number of aryl methyl sites for hydroxylation is 1. The Hall–Kier alpha value is -1.28. The molecule has 1 N–H and O–H groups in total. The number of fused-ring (bicyclic) bond motifs is 1. The Morgan fingerprint density at radius 2 is 2.06 bits per heavy atom. The molecule has 90 valence electrons. The third-order valence-electron chi connectivity index (χ3n) is 4.00. The third kappa shape index (κ3) is 1.67. The molecule has 1 saturated carbocycles. The standard InChI is InChI=1S/C15H19NO/c1-3-12-13-6-4-5-7-14(13)17-15(12)10-8-11(9-10)16-2/h4-7,10-11,16H,3,8-9H2,1-2H3. The molecule has 0 radical (unpaired) electrons. The Morgan fingerprint density at radius 3 is 2.76 bits per heavy atom. The number of furan rings is 1. The quantitative estimate of drug-likeness (QED) is 0.872. The molecule has 2 nitrogen and oxygen atoms in total. The maximum atomic E-state index is 6.06. The van der Waals surface area contributed by atoms with Crippen molar-refractivity contribution in [2.75, 3.05) is 7.05 Å². The van der Waals surface area contributed by atoms with Gasteiger partial charge < -0.3 is 9.73 Å². The van der Waals surface area contributed by atoms with Crippen molar-refractivity contribution in [1.29, 1.82) is 0 Å². The van der Waals surface area contributed by atoms with Crippen LogP contribution in [0.4, 0.5) is 0 Å². The highest BCUT2D eigenvalue weighted by Gasteiger charge is 2.33. The first-order valence-electron chi connectivity index (χ1n) is 6.51. The average Bonchev–Trinajstić information content (AvgIpc) is 2.65. The van der Waals surface area contributed by atoms with Crippen LogP contribution in [-0.2, 0) is 6.42 Å². The first-order valence-corrected chi connectivity index (χ1v) is 6.51. The zero-order valence-electron chi connectivity index (χ0n) is 10.5. The number of hydrogen-bond acceptors (Lipinski definition) is 2. The van der Waals surface area contributed by atoms with Gasteiger partial charge in [-0.2, -0.15) is 0 Å². The fourth-order valence-corrected chi connectivity index (χ4v) is 2.88. The second-order valence-corrected chi connectivity index (χ2v) is 4.95. The zero-order chi connectivity index (χ0) is 11.8. The highest BCUT2D eigenvalue weighted by atomic mass is 16.3. The van der Waals surface area contributed by atoms with E-state index in [2.05, 4.69) is 30.4 Å². The fraction of sp³-hybridized carbons (Fsp3) is 0.467. The van der Waals surface area contributed by atoms with Crippen LogP contribution < -0.4 is 5.32 Å². The van der Waals surface area contributed by atoms with E-state index in [0.717, 1.165) is 12.0 Å². The first kappa shape index (κ1) is 10.8. The van der Waals surface area contributed by atoms with E-state index < -0.39 is 0 Å². The molecule has 1 fully saturated rings. The van der Waals surface area contributed by atoms with E-state index in [4.69, 9.17) is 4.42 Å². The van der Waals surface area contributed by atoms with Gasteiger partial charge >= 0.3 is 0 Å². The van der Waals surface area contributed by atoms with Gasteiger partial charge in [0.2, 0.25) is 0 Å². The molecule has 1 aliphatic carbocycles. The van der Waals surface area contributed by atoms with E-state index in [1.54, 1.807) is 0 Å². The first-order chi connectivity index (χ1) is 8.33. The molecule has 2 heteroatoms. The van der Waals surface area contributed by atoms with Gasteiger partial charge in [0.25, 0.3) is 0 Å². The Bertz CT molecular complexity index is 523. The maximum absolute atomic E-state index is 6.06. The molecule has 0 amide bonds. The summed E-state index contributed by atoms with van der Waals surface area (Å²) in [7, 11) is 2.04. The molecule has 0 unspecified atom stereocenters. The molecule has 1 heterocycles. The van der Waals surface area contributed by atoms with Gasteiger partial charge in [-0.3, -0.25) is 0 Å². The summed E-state index contributed by atoms with van der Waals surface area (Å²) in [4.78, 5) is 0. The van der Waals surface area contributed by atoms with Crippen LogP contribution in [0.2, 0.25) is 0 Å². The lowest BCUT2D eigenvalue weighted by Gasteiger charge is -2.34. The molecule has 1 aromatic carbocycles. The molecule has 0 saturated heterocycles. The van der Waals surface area contributed by atoms with Crippen LogP contribution in [-0.4, -0.2) is 13.1 Å². The van der Waals surface area contributed by atoms with Crippen LogP contribution in [0.25, 0.3) is 11.0 Å². The second kappa shape index (κ2) is 4.19. The van der Waals surface area contributed by atoms with Gasteiger partial charge in [-0.1, -0.05) is 25.1 Å². The van der Waals surface area contributed by atoms with Crippen molar-refractivity contribution < 1.29 is 4.42 Å². The Kier molecular flexibility index (Phi) is 2.67. The molecule has 2 aromatic rings. The Labute approximate surface area is 102 Å². The smallest absolute Gasteiger partial charge is 0.134 e. The maximum Gasteiger partial charge on any atom is 0.134 e. The molecule has 0 aliphatic heterocycles. The number of benzene rings is 1. The van der Waals surface area contributed by atoms with Crippen molar-refractivity contribution in [1.82, 2.24) is 5.32 Å². The van der Waals surface area contributed by atoms with Gasteiger partial charge in [0.1, 0.15) is 11.3 Å². The van der Waals surface area contributed by atoms with Gasteiger partial charge in [-0.15, -0.1) is 0 Å². The second-order valence-electron chi connectivity index (χ2n) is 4.95. The lowest BCUT2D eigenvalue weighted by atomic mass is 9.77.